The summed E-state index contributed by atoms with van der Waals surface area (Å²) >= 11 is 3.43. The van der Waals surface area contributed by atoms with Crippen LogP contribution >= 0.6 is 15.9 Å². The van der Waals surface area contributed by atoms with Crippen molar-refractivity contribution in [1.29, 1.82) is 0 Å². The van der Waals surface area contributed by atoms with E-state index in [1.807, 2.05) is 47.6 Å². The molecule has 0 saturated carbocycles. The predicted octanol–water partition coefficient (Wildman–Crippen LogP) is 3.20. The van der Waals surface area contributed by atoms with Crippen LogP contribution in [0.15, 0.2) is 47.2 Å². The molecule has 3 rings (SSSR count). The first-order valence-electron chi connectivity index (χ1n) is 8.16. The third-order valence-corrected chi connectivity index (χ3v) is 4.84. The van der Waals surface area contributed by atoms with Gasteiger partial charge in [-0.1, -0.05) is 0 Å². The van der Waals surface area contributed by atoms with E-state index < -0.39 is 0 Å². The molecule has 1 fully saturated rings. The predicted molar refractivity (Wildman–Crippen MR) is 101 cm³/mol. The summed E-state index contributed by atoms with van der Waals surface area (Å²) in [6.07, 6.45) is 3.62. The average molecular weight is 405 g/mol. The molecule has 25 heavy (non-hydrogen) atoms. The maximum atomic E-state index is 12.4. The largest absolute Gasteiger partial charge is 0.496 e. The van der Waals surface area contributed by atoms with E-state index in [0.717, 1.165) is 35.5 Å². The number of amides is 2. The lowest BCUT2D eigenvalue weighted by Gasteiger charge is -2.34. The van der Waals surface area contributed by atoms with Crippen LogP contribution in [0.25, 0.3) is 0 Å². The summed E-state index contributed by atoms with van der Waals surface area (Å²) in [6.45, 7) is 4.05. The van der Waals surface area contributed by atoms with Gasteiger partial charge in [0.1, 0.15) is 5.75 Å². The molecule has 0 bridgehead atoms. The number of nitrogens with one attached hydrogen (secondary N) is 1. The fraction of sp³-hybridized carbons (Fsp3) is 0.333. The van der Waals surface area contributed by atoms with Crippen molar-refractivity contribution in [2.24, 2.45) is 0 Å². The zero-order valence-electron chi connectivity index (χ0n) is 14.1. The highest BCUT2D eigenvalue weighted by atomic mass is 79.9. The number of hydrogen-bond acceptors (Lipinski definition) is 4. The lowest BCUT2D eigenvalue weighted by atomic mass is 10.2. The zero-order chi connectivity index (χ0) is 17.6. The lowest BCUT2D eigenvalue weighted by Crippen LogP contribution is -2.49. The number of anilines is 1. The van der Waals surface area contributed by atoms with Gasteiger partial charge in [0.05, 0.1) is 11.6 Å². The van der Waals surface area contributed by atoms with Crippen LogP contribution in [0.4, 0.5) is 10.5 Å². The van der Waals surface area contributed by atoms with Crippen LogP contribution < -0.4 is 10.1 Å². The normalized spacial score (nSPS) is 15.0. The number of methoxy groups -OCH3 is 1. The smallest absolute Gasteiger partial charge is 0.321 e. The molecule has 0 radical (unpaired) electrons. The Kier molecular flexibility index (Phi) is 5.88. The van der Waals surface area contributed by atoms with E-state index in [1.54, 1.807) is 7.11 Å². The van der Waals surface area contributed by atoms with Gasteiger partial charge in [-0.3, -0.25) is 9.88 Å². The molecule has 2 amide bonds. The molecule has 1 aromatic carbocycles. The number of carbonyl (C=O) groups is 1. The number of rotatable bonds is 4. The number of piperazine rings is 1. The zero-order valence-corrected chi connectivity index (χ0v) is 15.7. The molecule has 6 nitrogen and oxygen atoms in total. The highest BCUT2D eigenvalue weighted by molar-refractivity contribution is 9.10. The van der Waals surface area contributed by atoms with Gasteiger partial charge in [-0.2, -0.15) is 0 Å². The van der Waals surface area contributed by atoms with Crippen molar-refractivity contribution in [2.45, 2.75) is 6.54 Å². The molecule has 0 spiro atoms. The van der Waals surface area contributed by atoms with E-state index in [9.17, 15) is 4.79 Å². The monoisotopic (exact) mass is 404 g/mol. The molecule has 2 aromatic rings. The molecule has 1 aliphatic rings. The van der Waals surface area contributed by atoms with Gasteiger partial charge < -0.3 is 15.0 Å². The Labute approximate surface area is 155 Å². The Hall–Kier alpha value is -2.12. The van der Waals surface area contributed by atoms with Gasteiger partial charge >= 0.3 is 6.03 Å². The molecule has 0 atom stereocenters. The third-order valence-electron chi connectivity index (χ3n) is 4.22. The van der Waals surface area contributed by atoms with E-state index in [4.69, 9.17) is 4.74 Å². The van der Waals surface area contributed by atoms with E-state index >= 15 is 0 Å². The molecular formula is C18H21BrN4O2. The highest BCUT2D eigenvalue weighted by Gasteiger charge is 2.21. The van der Waals surface area contributed by atoms with Gasteiger partial charge in [-0.05, 0) is 51.8 Å². The fourth-order valence-electron chi connectivity index (χ4n) is 2.80. The molecule has 1 N–H and O–H groups in total. The van der Waals surface area contributed by atoms with E-state index in [1.165, 1.54) is 5.56 Å². The van der Waals surface area contributed by atoms with Crippen LogP contribution in [0.5, 0.6) is 5.75 Å². The summed E-state index contributed by atoms with van der Waals surface area (Å²) in [4.78, 5) is 20.7. The first kappa shape index (κ1) is 17.7. The van der Waals surface area contributed by atoms with Crippen molar-refractivity contribution in [3.63, 3.8) is 0 Å². The van der Waals surface area contributed by atoms with Gasteiger partial charge in [0.2, 0.25) is 0 Å². The van der Waals surface area contributed by atoms with Crippen molar-refractivity contribution in [2.75, 3.05) is 38.6 Å². The Bertz CT molecular complexity index is 718. The number of urea groups is 1. The van der Waals surface area contributed by atoms with E-state index in [2.05, 4.69) is 31.1 Å². The fourth-order valence-corrected chi connectivity index (χ4v) is 3.34. The number of carbonyl (C=O) groups excluding carboxylic acids is 1. The summed E-state index contributed by atoms with van der Waals surface area (Å²) in [7, 11) is 1.61. The van der Waals surface area contributed by atoms with Crippen molar-refractivity contribution in [1.82, 2.24) is 14.8 Å². The minimum atomic E-state index is -0.0689. The maximum Gasteiger partial charge on any atom is 0.321 e. The topological polar surface area (TPSA) is 57.7 Å². The van der Waals surface area contributed by atoms with Gasteiger partial charge in [0.15, 0.2) is 0 Å². The van der Waals surface area contributed by atoms with E-state index in [-0.39, 0.29) is 6.03 Å². The number of aromatic nitrogens is 1. The quantitative estimate of drug-likeness (QED) is 0.849. The van der Waals surface area contributed by atoms with Crippen LogP contribution in [0.2, 0.25) is 0 Å². The lowest BCUT2D eigenvalue weighted by molar-refractivity contribution is 0.143. The van der Waals surface area contributed by atoms with Crippen LogP contribution in [0.3, 0.4) is 0 Å². The van der Waals surface area contributed by atoms with Crippen molar-refractivity contribution >= 4 is 27.6 Å². The second kappa shape index (κ2) is 8.31. The summed E-state index contributed by atoms with van der Waals surface area (Å²) in [6, 6.07) is 9.49. The number of ether oxygens (including phenoxy) is 1. The molecule has 1 aliphatic heterocycles. The summed E-state index contributed by atoms with van der Waals surface area (Å²) in [5.74, 6) is 0.739. The number of nitrogens with zero attached hydrogens (tertiary/aromatic N) is 3. The molecule has 1 saturated heterocycles. The first-order chi connectivity index (χ1) is 12.2. The number of halogens is 1. The minimum absolute atomic E-state index is 0.0689. The SMILES string of the molecule is COc1ccc(NC(=O)N2CCN(Cc3ccncc3)CC2)cc1Br. The molecule has 0 aliphatic carbocycles. The summed E-state index contributed by atoms with van der Waals surface area (Å²) in [5, 5.41) is 2.94. The van der Waals surface area contributed by atoms with Crippen LogP contribution in [-0.2, 0) is 6.54 Å². The Morgan fingerprint density at radius 3 is 2.56 bits per heavy atom. The standard InChI is InChI=1S/C18H21BrN4O2/c1-25-17-3-2-15(12-16(17)19)21-18(24)23-10-8-22(9-11-23)13-14-4-6-20-7-5-14/h2-7,12H,8-11,13H2,1H3,(H,21,24). The minimum Gasteiger partial charge on any atom is -0.496 e. The van der Waals surface area contributed by atoms with Gasteiger partial charge in [0, 0.05) is 50.8 Å². The third kappa shape index (κ3) is 4.70. The van der Waals surface area contributed by atoms with Crippen molar-refractivity contribution < 1.29 is 9.53 Å². The molecule has 0 unspecified atom stereocenters. The van der Waals surface area contributed by atoms with Crippen LogP contribution in [-0.4, -0.2) is 54.1 Å². The molecule has 2 heterocycles. The summed E-state index contributed by atoms with van der Waals surface area (Å²) in [5.41, 5.74) is 1.99. The number of hydrogen-bond donors (Lipinski definition) is 1. The Morgan fingerprint density at radius 1 is 1.20 bits per heavy atom. The summed E-state index contributed by atoms with van der Waals surface area (Å²) < 4.78 is 6.02. The van der Waals surface area contributed by atoms with Gasteiger partial charge in [-0.15, -0.1) is 0 Å². The average Bonchev–Trinajstić information content (AvgIpc) is 2.63. The molecule has 132 valence electrons. The van der Waals surface area contributed by atoms with Gasteiger partial charge in [0.25, 0.3) is 0 Å². The Balaban J connectivity index is 1.50. The van der Waals surface area contributed by atoms with Gasteiger partial charge in [-0.25, -0.2) is 4.79 Å². The number of benzene rings is 1. The second-order valence-electron chi connectivity index (χ2n) is 5.90. The van der Waals surface area contributed by atoms with Crippen LogP contribution in [0, 0.1) is 0 Å². The van der Waals surface area contributed by atoms with Crippen molar-refractivity contribution in [3.8, 4) is 5.75 Å². The Morgan fingerprint density at radius 2 is 1.92 bits per heavy atom. The maximum absolute atomic E-state index is 12.4. The molecule has 1 aromatic heterocycles. The first-order valence-corrected chi connectivity index (χ1v) is 8.96. The second-order valence-corrected chi connectivity index (χ2v) is 6.75. The van der Waals surface area contributed by atoms with E-state index in [0.29, 0.717) is 13.1 Å². The highest BCUT2D eigenvalue weighted by Crippen LogP contribution is 2.27. The van der Waals surface area contributed by atoms with Crippen molar-refractivity contribution in [3.05, 3.63) is 52.8 Å². The number of pyridine rings is 1. The van der Waals surface area contributed by atoms with Crippen LogP contribution in [0.1, 0.15) is 5.56 Å². The molecular weight excluding hydrogens is 384 g/mol. The molecule has 7 heteroatoms.